The molecule has 1 unspecified atom stereocenters. The number of hydrogen-bond donors (Lipinski definition) is 1. The fraction of sp³-hybridized carbons (Fsp3) is 0.571. The maximum atomic E-state index is 13.8. The van der Waals surface area contributed by atoms with Gasteiger partial charge in [0.2, 0.25) is 0 Å². The number of hydrogen-bond acceptors (Lipinski definition) is 2. The van der Waals surface area contributed by atoms with E-state index >= 15 is 0 Å². The van der Waals surface area contributed by atoms with Gasteiger partial charge in [-0.1, -0.05) is 6.92 Å². The Bertz CT molecular complexity index is 405. The highest BCUT2D eigenvalue weighted by molar-refractivity contribution is 5.23. The normalized spacial score (nSPS) is 14.0. The summed E-state index contributed by atoms with van der Waals surface area (Å²) in [6, 6.07) is 3.18. The number of rotatable bonds is 5. The molecule has 102 valence electrons. The van der Waals surface area contributed by atoms with Crippen LogP contribution in [0, 0.1) is 11.6 Å². The lowest BCUT2D eigenvalue weighted by atomic mass is 9.94. The monoisotopic (exact) mass is 256 g/mol. The zero-order chi connectivity index (χ0) is 13.9. The Morgan fingerprint density at radius 2 is 1.94 bits per heavy atom. The van der Waals surface area contributed by atoms with Crippen molar-refractivity contribution < 1.29 is 8.78 Å². The summed E-state index contributed by atoms with van der Waals surface area (Å²) in [6.45, 7) is 6.44. The average molecular weight is 256 g/mol. The van der Waals surface area contributed by atoms with Gasteiger partial charge in [-0.2, -0.15) is 0 Å². The number of halogens is 2. The molecule has 0 amide bonds. The molecule has 2 N–H and O–H groups in total. The van der Waals surface area contributed by atoms with Crippen LogP contribution in [0.15, 0.2) is 18.2 Å². The highest BCUT2D eigenvalue weighted by Gasteiger charge is 2.29. The van der Waals surface area contributed by atoms with Crippen molar-refractivity contribution >= 4 is 0 Å². The van der Waals surface area contributed by atoms with Crippen LogP contribution in [-0.2, 0) is 0 Å². The van der Waals surface area contributed by atoms with Crippen LogP contribution < -0.4 is 5.73 Å². The van der Waals surface area contributed by atoms with E-state index in [0.717, 1.165) is 18.6 Å². The van der Waals surface area contributed by atoms with E-state index in [4.69, 9.17) is 5.73 Å². The minimum absolute atomic E-state index is 0.122. The van der Waals surface area contributed by atoms with Crippen LogP contribution in [0.1, 0.15) is 38.8 Å². The maximum absolute atomic E-state index is 13.8. The molecule has 0 saturated carbocycles. The zero-order valence-electron chi connectivity index (χ0n) is 11.5. The first-order valence-electron chi connectivity index (χ1n) is 6.21. The number of benzene rings is 1. The molecule has 0 aromatic heterocycles. The highest BCUT2D eigenvalue weighted by atomic mass is 19.1. The number of nitrogens with two attached hydrogens (primary N) is 1. The molecule has 0 aliphatic carbocycles. The van der Waals surface area contributed by atoms with E-state index in [1.54, 1.807) is 0 Å². The molecular weight excluding hydrogens is 234 g/mol. The Balaban J connectivity index is 3.13. The van der Waals surface area contributed by atoms with Crippen LogP contribution in [0.4, 0.5) is 8.78 Å². The summed E-state index contributed by atoms with van der Waals surface area (Å²) in [7, 11) is 1.89. The lowest BCUT2D eigenvalue weighted by molar-refractivity contribution is 0.0983. The van der Waals surface area contributed by atoms with Crippen LogP contribution in [0.2, 0.25) is 0 Å². The van der Waals surface area contributed by atoms with Gasteiger partial charge in [-0.05, 0) is 45.5 Å². The van der Waals surface area contributed by atoms with Crippen molar-refractivity contribution in [3.63, 3.8) is 0 Å². The van der Waals surface area contributed by atoms with Gasteiger partial charge in [-0.3, -0.25) is 4.90 Å². The second kappa shape index (κ2) is 5.76. The van der Waals surface area contributed by atoms with Crippen LogP contribution >= 0.6 is 0 Å². The first-order valence-corrected chi connectivity index (χ1v) is 6.21. The van der Waals surface area contributed by atoms with E-state index in [1.807, 2.05) is 11.9 Å². The molecule has 0 aliphatic rings. The summed E-state index contributed by atoms with van der Waals surface area (Å²) in [5.74, 6) is -0.849. The number of nitrogens with zero attached hydrogens (tertiary/aromatic N) is 1. The molecule has 1 atom stereocenters. The molecular formula is C14H22F2N2. The van der Waals surface area contributed by atoms with Crippen molar-refractivity contribution in [1.29, 1.82) is 0 Å². The lowest BCUT2D eigenvalue weighted by Gasteiger charge is -2.40. The average Bonchev–Trinajstić information content (AvgIpc) is 2.34. The second-order valence-corrected chi connectivity index (χ2v) is 5.19. The third-order valence-corrected chi connectivity index (χ3v) is 3.83. The van der Waals surface area contributed by atoms with Crippen molar-refractivity contribution in [1.82, 2.24) is 4.90 Å². The minimum atomic E-state index is -0.437. The zero-order valence-corrected chi connectivity index (χ0v) is 11.5. The van der Waals surface area contributed by atoms with Crippen molar-refractivity contribution in [3.8, 4) is 0 Å². The largest absolute Gasteiger partial charge is 0.329 e. The molecule has 0 aliphatic heterocycles. The SMILES string of the molecule is CCC(C)(C)N(C)C(CN)c1cc(F)ccc1F. The fourth-order valence-electron chi connectivity index (χ4n) is 1.93. The topological polar surface area (TPSA) is 29.3 Å². The molecule has 0 bridgehead atoms. The maximum Gasteiger partial charge on any atom is 0.128 e. The summed E-state index contributed by atoms with van der Waals surface area (Å²) in [5, 5.41) is 0. The Kier molecular flexibility index (Phi) is 4.82. The second-order valence-electron chi connectivity index (χ2n) is 5.19. The van der Waals surface area contributed by atoms with Crippen molar-refractivity contribution in [2.45, 2.75) is 38.8 Å². The van der Waals surface area contributed by atoms with Gasteiger partial charge in [0.05, 0.1) is 6.04 Å². The minimum Gasteiger partial charge on any atom is -0.329 e. The quantitative estimate of drug-likeness (QED) is 0.877. The molecule has 0 spiro atoms. The summed E-state index contributed by atoms with van der Waals surface area (Å²) in [5.41, 5.74) is 5.94. The number of likely N-dealkylation sites (N-methyl/N-ethyl adjacent to an activating group) is 1. The molecule has 1 aromatic rings. The molecule has 0 fully saturated rings. The highest BCUT2D eigenvalue weighted by Crippen LogP contribution is 2.29. The summed E-state index contributed by atoms with van der Waals surface area (Å²) in [4.78, 5) is 2.00. The van der Waals surface area contributed by atoms with Crippen molar-refractivity contribution in [3.05, 3.63) is 35.4 Å². The third-order valence-electron chi connectivity index (χ3n) is 3.83. The van der Waals surface area contributed by atoms with Gasteiger partial charge < -0.3 is 5.73 Å². The first-order chi connectivity index (χ1) is 8.33. The third kappa shape index (κ3) is 3.06. The summed E-state index contributed by atoms with van der Waals surface area (Å²) in [6.07, 6.45) is 0.900. The van der Waals surface area contributed by atoms with E-state index in [2.05, 4.69) is 20.8 Å². The Labute approximate surface area is 108 Å². The van der Waals surface area contributed by atoms with Crippen molar-refractivity contribution in [2.24, 2.45) is 5.73 Å². The Hall–Kier alpha value is -1.00. The molecule has 18 heavy (non-hydrogen) atoms. The van der Waals surface area contributed by atoms with Gasteiger partial charge in [-0.15, -0.1) is 0 Å². The van der Waals surface area contributed by atoms with Crippen LogP contribution in [0.5, 0.6) is 0 Å². The van der Waals surface area contributed by atoms with Crippen LogP contribution in [0.3, 0.4) is 0 Å². The predicted molar refractivity (Wildman–Crippen MR) is 70.3 cm³/mol. The van der Waals surface area contributed by atoms with Gasteiger partial charge in [0, 0.05) is 17.6 Å². The standard InChI is InChI=1S/C14H22F2N2/c1-5-14(2,3)18(4)13(9-17)11-8-10(15)6-7-12(11)16/h6-8,13H,5,9,17H2,1-4H3. The van der Waals surface area contributed by atoms with Gasteiger partial charge >= 0.3 is 0 Å². The van der Waals surface area contributed by atoms with Crippen LogP contribution in [-0.4, -0.2) is 24.0 Å². The summed E-state index contributed by atoms with van der Waals surface area (Å²) < 4.78 is 27.1. The van der Waals surface area contributed by atoms with Gasteiger partial charge in [-0.25, -0.2) is 8.78 Å². The Morgan fingerprint density at radius 1 is 1.33 bits per heavy atom. The fourth-order valence-corrected chi connectivity index (χ4v) is 1.93. The van der Waals surface area contributed by atoms with Crippen LogP contribution in [0.25, 0.3) is 0 Å². The van der Waals surface area contributed by atoms with Gasteiger partial charge in [0.25, 0.3) is 0 Å². The molecule has 0 saturated heterocycles. The van der Waals surface area contributed by atoms with Gasteiger partial charge in [0.1, 0.15) is 11.6 Å². The first kappa shape index (κ1) is 15.1. The Morgan fingerprint density at radius 3 is 2.44 bits per heavy atom. The lowest BCUT2D eigenvalue weighted by Crippen LogP contribution is -2.45. The molecule has 0 radical (unpaired) electrons. The predicted octanol–water partition coefficient (Wildman–Crippen LogP) is 3.09. The molecule has 1 aromatic carbocycles. The molecule has 1 rings (SSSR count). The molecule has 0 heterocycles. The van der Waals surface area contributed by atoms with E-state index < -0.39 is 11.6 Å². The van der Waals surface area contributed by atoms with E-state index in [9.17, 15) is 8.78 Å². The van der Waals surface area contributed by atoms with E-state index in [0.29, 0.717) is 5.56 Å². The van der Waals surface area contributed by atoms with E-state index in [1.165, 1.54) is 6.07 Å². The molecule has 4 heteroatoms. The smallest absolute Gasteiger partial charge is 0.128 e. The van der Waals surface area contributed by atoms with Crippen molar-refractivity contribution in [2.75, 3.05) is 13.6 Å². The molecule has 2 nitrogen and oxygen atoms in total. The summed E-state index contributed by atoms with van der Waals surface area (Å²) >= 11 is 0. The van der Waals surface area contributed by atoms with E-state index in [-0.39, 0.29) is 18.1 Å². The van der Waals surface area contributed by atoms with Gasteiger partial charge in [0.15, 0.2) is 0 Å².